The highest BCUT2D eigenvalue weighted by atomic mass is 32.2. The SMILES string of the molecule is CSc1ccc(NC(=O)Cc2ccc(S(=O)(=O)C(C)C)cc2)cc1. The number of hydrogen-bond acceptors (Lipinski definition) is 4. The van der Waals surface area contributed by atoms with Crippen molar-refractivity contribution in [2.24, 2.45) is 0 Å². The van der Waals surface area contributed by atoms with E-state index in [2.05, 4.69) is 5.32 Å². The van der Waals surface area contributed by atoms with Crippen LogP contribution in [-0.4, -0.2) is 25.8 Å². The summed E-state index contributed by atoms with van der Waals surface area (Å²) in [5.41, 5.74) is 1.52. The molecule has 0 radical (unpaired) electrons. The van der Waals surface area contributed by atoms with Crippen LogP contribution in [-0.2, 0) is 21.1 Å². The number of benzene rings is 2. The van der Waals surface area contributed by atoms with E-state index < -0.39 is 15.1 Å². The number of carbonyl (C=O) groups is 1. The molecule has 0 bridgehead atoms. The van der Waals surface area contributed by atoms with Gasteiger partial charge in [-0.25, -0.2) is 8.42 Å². The van der Waals surface area contributed by atoms with Crippen molar-refractivity contribution in [3.8, 4) is 0 Å². The van der Waals surface area contributed by atoms with E-state index in [1.807, 2.05) is 30.5 Å². The van der Waals surface area contributed by atoms with E-state index in [1.165, 1.54) is 0 Å². The van der Waals surface area contributed by atoms with Crippen LogP contribution in [0.2, 0.25) is 0 Å². The fourth-order valence-electron chi connectivity index (χ4n) is 2.13. The molecule has 2 aromatic rings. The minimum atomic E-state index is -3.28. The van der Waals surface area contributed by atoms with E-state index in [0.29, 0.717) is 0 Å². The molecule has 0 saturated heterocycles. The number of thioether (sulfide) groups is 1. The largest absolute Gasteiger partial charge is 0.326 e. The van der Waals surface area contributed by atoms with Crippen LogP contribution in [0.4, 0.5) is 5.69 Å². The minimum Gasteiger partial charge on any atom is -0.326 e. The van der Waals surface area contributed by atoms with Gasteiger partial charge in [0.1, 0.15) is 0 Å². The maximum Gasteiger partial charge on any atom is 0.228 e. The number of anilines is 1. The third-order valence-corrected chi connectivity index (χ3v) is 6.52. The van der Waals surface area contributed by atoms with Crippen LogP contribution in [0.25, 0.3) is 0 Å². The summed E-state index contributed by atoms with van der Waals surface area (Å²) in [7, 11) is -3.28. The molecule has 0 aliphatic heterocycles. The molecule has 0 atom stereocenters. The van der Waals surface area contributed by atoms with Gasteiger partial charge in [0.25, 0.3) is 0 Å². The number of hydrogen-bond donors (Lipinski definition) is 1. The summed E-state index contributed by atoms with van der Waals surface area (Å²) in [4.78, 5) is 13.5. The standard InChI is InChI=1S/C18H21NO3S2/c1-13(2)24(21,22)17-10-4-14(5-11-17)12-18(20)19-15-6-8-16(23-3)9-7-15/h4-11,13H,12H2,1-3H3,(H,19,20). The Morgan fingerprint density at radius 3 is 2.12 bits per heavy atom. The third-order valence-electron chi connectivity index (χ3n) is 3.61. The smallest absolute Gasteiger partial charge is 0.228 e. The number of amides is 1. The first-order valence-corrected chi connectivity index (χ1v) is 10.4. The van der Waals surface area contributed by atoms with E-state index in [4.69, 9.17) is 0 Å². The molecule has 0 aromatic heterocycles. The van der Waals surface area contributed by atoms with Gasteiger partial charge in [-0.15, -0.1) is 11.8 Å². The summed E-state index contributed by atoms with van der Waals surface area (Å²) in [5, 5.41) is 2.38. The lowest BCUT2D eigenvalue weighted by Crippen LogP contribution is -2.15. The first-order chi connectivity index (χ1) is 11.3. The Morgan fingerprint density at radius 1 is 1.04 bits per heavy atom. The van der Waals surface area contributed by atoms with Crippen molar-refractivity contribution in [2.45, 2.75) is 35.3 Å². The van der Waals surface area contributed by atoms with E-state index in [-0.39, 0.29) is 17.2 Å². The van der Waals surface area contributed by atoms with Gasteiger partial charge in [0.2, 0.25) is 5.91 Å². The highest BCUT2D eigenvalue weighted by Crippen LogP contribution is 2.19. The van der Waals surface area contributed by atoms with Crippen LogP contribution in [0, 0.1) is 0 Å². The van der Waals surface area contributed by atoms with Gasteiger partial charge in [-0.1, -0.05) is 12.1 Å². The summed E-state index contributed by atoms with van der Waals surface area (Å²) in [6.45, 7) is 3.30. The molecule has 1 N–H and O–H groups in total. The number of sulfone groups is 1. The molecular weight excluding hydrogens is 342 g/mol. The van der Waals surface area contributed by atoms with Crippen molar-refractivity contribution < 1.29 is 13.2 Å². The van der Waals surface area contributed by atoms with Gasteiger partial charge in [0.05, 0.1) is 16.6 Å². The summed E-state index contributed by atoms with van der Waals surface area (Å²) in [5.74, 6) is -0.133. The Kier molecular flexibility index (Phi) is 6.07. The Labute approximate surface area is 147 Å². The van der Waals surface area contributed by atoms with E-state index in [9.17, 15) is 13.2 Å². The molecule has 128 valence electrons. The Bertz CT molecular complexity index is 795. The number of carbonyl (C=O) groups excluding carboxylic acids is 1. The molecular formula is C18H21NO3S2. The van der Waals surface area contributed by atoms with Crippen molar-refractivity contribution in [3.05, 3.63) is 54.1 Å². The second-order valence-corrected chi connectivity index (χ2v) is 9.08. The van der Waals surface area contributed by atoms with Crippen LogP contribution in [0.1, 0.15) is 19.4 Å². The summed E-state index contributed by atoms with van der Waals surface area (Å²) >= 11 is 1.64. The lowest BCUT2D eigenvalue weighted by atomic mass is 10.1. The van der Waals surface area contributed by atoms with E-state index in [0.717, 1.165) is 16.1 Å². The molecule has 0 spiro atoms. The molecule has 6 heteroatoms. The van der Waals surface area contributed by atoms with Gasteiger partial charge < -0.3 is 5.32 Å². The molecule has 1 amide bonds. The van der Waals surface area contributed by atoms with E-state index in [1.54, 1.807) is 49.9 Å². The fraction of sp³-hybridized carbons (Fsp3) is 0.278. The second kappa shape index (κ2) is 7.85. The van der Waals surface area contributed by atoms with Gasteiger partial charge in [0, 0.05) is 10.6 Å². The molecule has 0 aliphatic rings. The average molecular weight is 364 g/mol. The van der Waals surface area contributed by atoms with Crippen LogP contribution < -0.4 is 5.32 Å². The summed E-state index contributed by atoms with van der Waals surface area (Å²) in [6, 6.07) is 14.1. The Hall–Kier alpha value is -1.79. The van der Waals surface area contributed by atoms with Gasteiger partial charge >= 0.3 is 0 Å². The zero-order valence-electron chi connectivity index (χ0n) is 13.9. The quantitative estimate of drug-likeness (QED) is 0.794. The predicted molar refractivity (Wildman–Crippen MR) is 99.3 cm³/mol. The maximum atomic E-state index is 12.1. The second-order valence-electron chi connectivity index (χ2n) is 5.69. The Morgan fingerprint density at radius 2 is 1.62 bits per heavy atom. The lowest BCUT2D eigenvalue weighted by Gasteiger charge is -2.09. The van der Waals surface area contributed by atoms with Gasteiger partial charge in [-0.2, -0.15) is 0 Å². The van der Waals surface area contributed by atoms with Crippen molar-refractivity contribution >= 4 is 33.2 Å². The predicted octanol–water partition coefficient (Wildman–Crippen LogP) is 3.77. The Balaban J connectivity index is 2.01. The fourth-order valence-corrected chi connectivity index (χ4v) is 3.60. The van der Waals surface area contributed by atoms with Crippen LogP contribution in [0.5, 0.6) is 0 Å². The van der Waals surface area contributed by atoms with Crippen molar-refractivity contribution in [1.82, 2.24) is 0 Å². The summed E-state index contributed by atoms with van der Waals surface area (Å²) < 4.78 is 24.2. The molecule has 0 unspecified atom stereocenters. The molecule has 24 heavy (non-hydrogen) atoms. The minimum absolute atomic E-state index is 0.133. The van der Waals surface area contributed by atoms with Gasteiger partial charge in [-0.05, 0) is 62.1 Å². The maximum absolute atomic E-state index is 12.1. The molecule has 2 aromatic carbocycles. The number of rotatable bonds is 6. The van der Waals surface area contributed by atoms with Crippen molar-refractivity contribution in [1.29, 1.82) is 0 Å². The monoisotopic (exact) mass is 363 g/mol. The highest BCUT2D eigenvalue weighted by Gasteiger charge is 2.18. The molecule has 4 nitrogen and oxygen atoms in total. The number of nitrogens with one attached hydrogen (secondary N) is 1. The van der Waals surface area contributed by atoms with Crippen LogP contribution in [0.15, 0.2) is 58.3 Å². The lowest BCUT2D eigenvalue weighted by molar-refractivity contribution is -0.115. The van der Waals surface area contributed by atoms with E-state index >= 15 is 0 Å². The van der Waals surface area contributed by atoms with Crippen LogP contribution in [0.3, 0.4) is 0 Å². The molecule has 0 aliphatic carbocycles. The first-order valence-electron chi connectivity index (χ1n) is 7.59. The van der Waals surface area contributed by atoms with Crippen molar-refractivity contribution in [2.75, 3.05) is 11.6 Å². The normalized spacial score (nSPS) is 11.5. The van der Waals surface area contributed by atoms with Gasteiger partial charge in [0.15, 0.2) is 9.84 Å². The van der Waals surface area contributed by atoms with Gasteiger partial charge in [-0.3, -0.25) is 4.79 Å². The third kappa shape index (κ3) is 4.61. The zero-order chi connectivity index (χ0) is 17.7. The molecule has 0 saturated carbocycles. The topological polar surface area (TPSA) is 63.2 Å². The zero-order valence-corrected chi connectivity index (χ0v) is 15.6. The van der Waals surface area contributed by atoms with Crippen molar-refractivity contribution in [3.63, 3.8) is 0 Å². The average Bonchev–Trinajstić information content (AvgIpc) is 2.56. The molecule has 2 rings (SSSR count). The molecule has 0 fully saturated rings. The van der Waals surface area contributed by atoms with Crippen LogP contribution >= 0.6 is 11.8 Å². The molecule has 0 heterocycles. The summed E-state index contributed by atoms with van der Waals surface area (Å²) in [6.07, 6.45) is 2.20. The first kappa shape index (κ1) is 18.5. The highest BCUT2D eigenvalue weighted by molar-refractivity contribution is 7.98.